The minimum atomic E-state index is 0.0983. The van der Waals surface area contributed by atoms with Crippen molar-refractivity contribution in [2.75, 3.05) is 53.1 Å². The number of nitrogens with one attached hydrogen (secondary N) is 1. The van der Waals surface area contributed by atoms with Gasteiger partial charge < -0.3 is 19.7 Å². The van der Waals surface area contributed by atoms with Gasteiger partial charge in [-0.25, -0.2) is 0 Å². The average molecular weight is 314 g/mol. The summed E-state index contributed by atoms with van der Waals surface area (Å²) in [7, 11) is 2.12. The maximum atomic E-state index is 11.8. The van der Waals surface area contributed by atoms with Crippen LogP contribution in [0.4, 0.5) is 0 Å². The lowest BCUT2D eigenvalue weighted by molar-refractivity contribution is -0.124. The van der Waals surface area contributed by atoms with Gasteiger partial charge in [-0.1, -0.05) is 6.92 Å². The Kier molecular flexibility index (Phi) is 10.0. The van der Waals surface area contributed by atoms with E-state index in [1.165, 1.54) is 0 Å². The zero-order valence-electron chi connectivity index (χ0n) is 13.9. The molecule has 1 N–H and O–H groups in total. The smallest absolute Gasteiger partial charge is 0.220 e. The van der Waals surface area contributed by atoms with Gasteiger partial charge in [-0.3, -0.25) is 9.59 Å². The molecule has 0 aliphatic carbocycles. The van der Waals surface area contributed by atoms with E-state index >= 15 is 0 Å². The van der Waals surface area contributed by atoms with Gasteiger partial charge in [0.25, 0.3) is 0 Å². The quantitative estimate of drug-likeness (QED) is 0.573. The van der Waals surface area contributed by atoms with Gasteiger partial charge in [0.2, 0.25) is 5.91 Å². The first-order chi connectivity index (χ1) is 10.6. The Morgan fingerprint density at radius 2 is 1.82 bits per heavy atom. The third-order valence-electron chi connectivity index (χ3n) is 3.91. The number of likely N-dealkylation sites (tertiary alicyclic amines) is 1. The molecule has 0 radical (unpaired) electrons. The largest absolute Gasteiger partial charge is 0.377 e. The fourth-order valence-corrected chi connectivity index (χ4v) is 2.37. The second-order valence-electron chi connectivity index (χ2n) is 5.86. The lowest BCUT2D eigenvalue weighted by Gasteiger charge is -2.28. The Morgan fingerprint density at radius 3 is 2.50 bits per heavy atom. The molecule has 1 heterocycles. The summed E-state index contributed by atoms with van der Waals surface area (Å²) in [5, 5.41) is 2.89. The van der Waals surface area contributed by atoms with E-state index in [0.29, 0.717) is 45.1 Å². The van der Waals surface area contributed by atoms with Crippen LogP contribution in [-0.2, 0) is 19.1 Å². The predicted octanol–water partition coefficient (Wildman–Crippen LogP) is 0.847. The minimum absolute atomic E-state index is 0.0983. The van der Waals surface area contributed by atoms with Crippen LogP contribution in [0.3, 0.4) is 0 Å². The number of hydrogen-bond acceptors (Lipinski definition) is 5. The Hall–Kier alpha value is -0.980. The van der Waals surface area contributed by atoms with Crippen molar-refractivity contribution in [3.05, 3.63) is 0 Å². The summed E-state index contributed by atoms with van der Waals surface area (Å²) < 4.78 is 10.5. The molecule has 128 valence electrons. The van der Waals surface area contributed by atoms with Crippen molar-refractivity contribution in [1.82, 2.24) is 10.2 Å². The molecule has 1 saturated heterocycles. The molecule has 0 aromatic heterocycles. The normalized spacial score (nSPS) is 16.6. The van der Waals surface area contributed by atoms with Crippen molar-refractivity contribution in [1.29, 1.82) is 0 Å². The molecule has 0 spiro atoms. The van der Waals surface area contributed by atoms with Crippen molar-refractivity contribution in [2.45, 2.75) is 32.6 Å². The lowest BCUT2D eigenvalue weighted by Crippen LogP contribution is -2.34. The van der Waals surface area contributed by atoms with Crippen LogP contribution in [-0.4, -0.2) is 69.7 Å². The summed E-state index contributed by atoms with van der Waals surface area (Å²) in [6.45, 7) is 6.01. The Labute approximate surface area is 133 Å². The predicted molar refractivity (Wildman–Crippen MR) is 84.8 cm³/mol. The van der Waals surface area contributed by atoms with Gasteiger partial charge in [0.05, 0.1) is 19.8 Å². The third kappa shape index (κ3) is 9.12. The molecule has 1 aliphatic heterocycles. The second kappa shape index (κ2) is 11.6. The van der Waals surface area contributed by atoms with Crippen molar-refractivity contribution in [3.8, 4) is 0 Å². The molecule has 1 fully saturated rings. The summed E-state index contributed by atoms with van der Waals surface area (Å²) in [6, 6.07) is 0. The average Bonchev–Trinajstić information content (AvgIpc) is 2.51. The number of piperidine rings is 1. The van der Waals surface area contributed by atoms with Crippen molar-refractivity contribution >= 4 is 11.7 Å². The lowest BCUT2D eigenvalue weighted by atomic mass is 9.93. The van der Waals surface area contributed by atoms with E-state index < -0.39 is 0 Å². The topological polar surface area (TPSA) is 67.9 Å². The number of amides is 1. The third-order valence-corrected chi connectivity index (χ3v) is 3.91. The van der Waals surface area contributed by atoms with Crippen LogP contribution in [0.1, 0.15) is 32.6 Å². The monoisotopic (exact) mass is 314 g/mol. The first-order valence-electron chi connectivity index (χ1n) is 8.24. The summed E-state index contributed by atoms with van der Waals surface area (Å²) >= 11 is 0. The molecule has 1 amide bonds. The molecule has 6 heteroatoms. The van der Waals surface area contributed by atoms with E-state index in [0.717, 1.165) is 25.9 Å². The van der Waals surface area contributed by atoms with E-state index in [1.54, 1.807) is 0 Å². The minimum Gasteiger partial charge on any atom is -0.377 e. The molecule has 1 aliphatic rings. The van der Waals surface area contributed by atoms with Crippen LogP contribution in [0.5, 0.6) is 0 Å². The highest BCUT2D eigenvalue weighted by atomic mass is 16.5. The standard InChI is InChI=1S/C16H30N2O4/c1-3-15(19)13-22-11-10-21-9-6-17-16(20)12-14-4-7-18(2)8-5-14/h14H,3-13H2,1-2H3,(H,17,20). The highest BCUT2D eigenvalue weighted by Crippen LogP contribution is 2.18. The molecule has 0 aromatic carbocycles. The molecule has 0 unspecified atom stereocenters. The Morgan fingerprint density at radius 1 is 1.14 bits per heavy atom. The Balaban J connectivity index is 1.89. The van der Waals surface area contributed by atoms with E-state index in [1.807, 2.05) is 6.92 Å². The number of carbonyl (C=O) groups excluding carboxylic acids is 2. The van der Waals surface area contributed by atoms with Gasteiger partial charge in [0, 0.05) is 19.4 Å². The van der Waals surface area contributed by atoms with Gasteiger partial charge in [0.15, 0.2) is 5.78 Å². The zero-order valence-corrected chi connectivity index (χ0v) is 13.9. The number of rotatable bonds is 11. The highest BCUT2D eigenvalue weighted by molar-refractivity contribution is 5.79. The fraction of sp³-hybridized carbons (Fsp3) is 0.875. The van der Waals surface area contributed by atoms with Gasteiger partial charge in [-0.05, 0) is 38.9 Å². The first kappa shape index (κ1) is 19.1. The van der Waals surface area contributed by atoms with Crippen LogP contribution in [0.25, 0.3) is 0 Å². The summed E-state index contributed by atoms with van der Waals surface area (Å²) in [5.74, 6) is 0.728. The molecular formula is C16H30N2O4. The number of carbonyl (C=O) groups is 2. The zero-order chi connectivity index (χ0) is 16.2. The number of ether oxygens (including phenoxy) is 2. The first-order valence-corrected chi connectivity index (χ1v) is 8.24. The SMILES string of the molecule is CCC(=O)COCCOCCNC(=O)CC1CCN(C)CC1. The highest BCUT2D eigenvalue weighted by Gasteiger charge is 2.19. The van der Waals surface area contributed by atoms with Crippen LogP contribution in [0.15, 0.2) is 0 Å². The molecule has 0 atom stereocenters. The van der Waals surface area contributed by atoms with Crippen molar-refractivity contribution in [3.63, 3.8) is 0 Å². The second-order valence-corrected chi connectivity index (χ2v) is 5.86. The van der Waals surface area contributed by atoms with E-state index in [-0.39, 0.29) is 18.3 Å². The summed E-state index contributed by atoms with van der Waals surface area (Å²) in [6.07, 6.45) is 3.34. The summed E-state index contributed by atoms with van der Waals surface area (Å²) in [4.78, 5) is 25.1. The molecular weight excluding hydrogens is 284 g/mol. The Bertz CT molecular complexity index is 328. The van der Waals surface area contributed by atoms with Gasteiger partial charge in [-0.15, -0.1) is 0 Å². The van der Waals surface area contributed by atoms with E-state index in [4.69, 9.17) is 9.47 Å². The van der Waals surface area contributed by atoms with Crippen LogP contribution < -0.4 is 5.32 Å². The fourth-order valence-electron chi connectivity index (χ4n) is 2.37. The van der Waals surface area contributed by atoms with Crippen molar-refractivity contribution in [2.24, 2.45) is 5.92 Å². The van der Waals surface area contributed by atoms with E-state index in [9.17, 15) is 9.59 Å². The van der Waals surface area contributed by atoms with Crippen LogP contribution >= 0.6 is 0 Å². The molecule has 0 saturated carbocycles. The maximum absolute atomic E-state index is 11.8. The number of nitrogens with zero attached hydrogens (tertiary/aromatic N) is 1. The summed E-state index contributed by atoms with van der Waals surface area (Å²) in [5.41, 5.74) is 0. The molecule has 1 rings (SSSR count). The van der Waals surface area contributed by atoms with Gasteiger partial charge in [0.1, 0.15) is 6.61 Å². The molecule has 0 bridgehead atoms. The molecule has 6 nitrogen and oxygen atoms in total. The van der Waals surface area contributed by atoms with Gasteiger partial charge >= 0.3 is 0 Å². The van der Waals surface area contributed by atoms with Gasteiger partial charge in [-0.2, -0.15) is 0 Å². The maximum Gasteiger partial charge on any atom is 0.220 e. The number of hydrogen-bond donors (Lipinski definition) is 1. The number of ketones is 1. The molecule has 22 heavy (non-hydrogen) atoms. The number of Topliss-reactive ketones (excluding diaryl/α,β-unsaturated/α-hetero) is 1. The van der Waals surface area contributed by atoms with Crippen molar-refractivity contribution < 1.29 is 19.1 Å². The molecule has 0 aromatic rings. The van der Waals surface area contributed by atoms with E-state index in [2.05, 4.69) is 17.3 Å². The van der Waals surface area contributed by atoms with Crippen LogP contribution in [0, 0.1) is 5.92 Å². The van der Waals surface area contributed by atoms with Crippen LogP contribution in [0.2, 0.25) is 0 Å².